The molecule has 0 saturated carbocycles. The van der Waals surface area contributed by atoms with E-state index < -0.39 is 0 Å². The van der Waals surface area contributed by atoms with Crippen molar-refractivity contribution in [2.75, 3.05) is 51.4 Å². The van der Waals surface area contributed by atoms with Crippen LogP contribution in [0.5, 0.6) is 11.5 Å². The quantitative estimate of drug-likeness (QED) is 0.688. The van der Waals surface area contributed by atoms with Gasteiger partial charge in [0.1, 0.15) is 11.5 Å². The first-order valence-electron chi connectivity index (χ1n) is 10.1. The number of amides is 1. The molecule has 0 aromatic heterocycles. The van der Waals surface area contributed by atoms with Gasteiger partial charge >= 0.3 is 0 Å². The highest BCUT2D eigenvalue weighted by atomic mass is 32.2. The zero-order valence-electron chi connectivity index (χ0n) is 17.4. The van der Waals surface area contributed by atoms with E-state index in [1.807, 2.05) is 67.7 Å². The van der Waals surface area contributed by atoms with E-state index in [4.69, 9.17) is 9.47 Å². The maximum Gasteiger partial charge on any atom is 0.229 e. The second kappa shape index (κ2) is 16.0. The fourth-order valence-corrected chi connectivity index (χ4v) is 3.87. The number of nitrogens with one attached hydrogen (secondary N) is 2. The number of ether oxygens (including phenoxy) is 2. The molecule has 2 aliphatic heterocycles. The molecule has 4 rings (SSSR count). The second-order valence-electron chi connectivity index (χ2n) is 6.32. The summed E-state index contributed by atoms with van der Waals surface area (Å²) in [5.74, 6) is 3.70. The molecular weight excluding hydrogens is 418 g/mol. The summed E-state index contributed by atoms with van der Waals surface area (Å²) < 4.78 is 16.0. The lowest BCUT2D eigenvalue weighted by atomic mass is 10.3. The number of benzene rings is 2. The van der Waals surface area contributed by atoms with Gasteiger partial charge in [-0.15, -0.1) is 0 Å². The zero-order valence-corrected chi connectivity index (χ0v) is 19.1. The van der Waals surface area contributed by atoms with Gasteiger partial charge in [-0.05, 0) is 43.5 Å². The molecule has 0 spiro atoms. The van der Waals surface area contributed by atoms with Gasteiger partial charge in [0.15, 0.2) is 0 Å². The summed E-state index contributed by atoms with van der Waals surface area (Å²) in [7, 11) is 1.93. The van der Waals surface area contributed by atoms with Crippen molar-refractivity contribution in [1.82, 2.24) is 14.3 Å². The van der Waals surface area contributed by atoms with E-state index in [1.54, 1.807) is 23.9 Å². The molecule has 0 atom stereocenters. The smallest absolute Gasteiger partial charge is 0.229 e. The van der Waals surface area contributed by atoms with E-state index in [1.165, 1.54) is 0 Å². The Morgan fingerprint density at radius 3 is 2.20 bits per heavy atom. The van der Waals surface area contributed by atoms with E-state index in [0.29, 0.717) is 5.75 Å². The maximum atomic E-state index is 10.6. The van der Waals surface area contributed by atoms with Gasteiger partial charge in [0.25, 0.3) is 0 Å². The summed E-state index contributed by atoms with van der Waals surface area (Å²) in [4.78, 5) is 10.6. The van der Waals surface area contributed by atoms with Crippen molar-refractivity contribution >= 4 is 29.8 Å². The highest BCUT2D eigenvalue weighted by Crippen LogP contribution is 2.19. The van der Waals surface area contributed by atoms with Gasteiger partial charge in [-0.25, -0.2) is 4.31 Å². The van der Waals surface area contributed by atoms with Crippen LogP contribution < -0.4 is 14.8 Å². The second-order valence-corrected chi connectivity index (χ2v) is 8.53. The number of thioether (sulfide) groups is 1. The largest absolute Gasteiger partial charge is 0.457 e. The van der Waals surface area contributed by atoms with E-state index in [9.17, 15) is 4.79 Å². The summed E-state index contributed by atoms with van der Waals surface area (Å²) in [6, 6.07) is 19.5. The topological polar surface area (TPSA) is 62.8 Å². The number of carbonyl (C=O) groups excluding carboxylic acids is 1. The number of nitrogens with zero attached hydrogens (tertiary/aromatic N) is 1. The van der Waals surface area contributed by atoms with Crippen LogP contribution in [-0.2, 0) is 9.53 Å². The molecule has 164 valence electrons. The Kier molecular flexibility index (Phi) is 13.1. The molecule has 30 heavy (non-hydrogen) atoms. The first-order valence-corrected chi connectivity index (χ1v) is 12.0. The van der Waals surface area contributed by atoms with Crippen LogP contribution >= 0.6 is 23.9 Å². The third-order valence-electron chi connectivity index (χ3n) is 3.93. The van der Waals surface area contributed by atoms with Gasteiger partial charge < -0.3 is 14.8 Å². The van der Waals surface area contributed by atoms with Crippen molar-refractivity contribution in [2.45, 2.75) is 6.42 Å². The number of rotatable bonds is 4. The summed E-state index contributed by atoms with van der Waals surface area (Å²) in [5, 5.41) is 2.78. The molecule has 2 heterocycles. The minimum atomic E-state index is 0.188. The third-order valence-corrected chi connectivity index (χ3v) is 5.78. The fourth-order valence-electron chi connectivity index (χ4n) is 2.50. The SMILES string of the molecule is CNSN1CCOCC1.O=C1CSCCCN1.c1ccc(Oc2ccccc2)cc1. The summed E-state index contributed by atoms with van der Waals surface area (Å²) in [6.07, 6.45) is 1.12. The van der Waals surface area contributed by atoms with Crippen molar-refractivity contribution in [3.05, 3.63) is 60.7 Å². The van der Waals surface area contributed by atoms with Crippen LogP contribution in [0.2, 0.25) is 0 Å². The number of carbonyl (C=O) groups is 1. The van der Waals surface area contributed by atoms with Gasteiger partial charge in [0, 0.05) is 31.8 Å². The van der Waals surface area contributed by atoms with E-state index >= 15 is 0 Å². The molecule has 2 N–H and O–H groups in total. The Balaban J connectivity index is 0.000000167. The average molecular weight is 450 g/mol. The maximum absolute atomic E-state index is 10.6. The van der Waals surface area contributed by atoms with Crippen molar-refractivity contribution in [3.63, 3.8) is 0 Å². The van der Waals surface area contributed by atoms with Crippen LogP contribution in [0.1, 0.15) is 6.42 Å². The van der Waals surface area contributed by atoms with Crippen molar-refractivity contribution in [1.29, 1.82) is 0 Å². The van der Waals surface area contributed by atoms with E-state index in [-0.39, 0.29) is 5.91 Å². The Morgan fingerprint density at radius 1 is 1.03 bits per heavy atom. The molecule has 2 saturated heterocycles. The molecule has 0 aliphatic carbocycles. The lowest BCUT2D eigenvalue weighted by Gasteiger charge is -2.24. The molecule has 2 aromatic carbocycles. The molecular formula is C22H31N3O3S2. The predicted octanol–water partition coefficient (Wildman–Crippen LogP) is 3.82. The third kappa shape index (κ3) is 11.5. The van der Waals surface area contributed by atoms with Crippen molar-refractivity contribution < 1.29 is 14.3 Å². The van der Waals surface area contributed by atoms with E-state index in [0.717, 1.165) is 56.5 Å². The van der Waals surface area contributed by atoms with Gasteiger partial charge in [0.05, 0.1) is 19.0 Å². The Morgan fingerprint density at radius 2 is 1.63 bits per heavy atom. The molecule has 0 radical (unpaired) electrons. The Bertz CT molecular complexity index is 636. The molecule has 8 heteroatoms. The number of hydrogen-bond donors (Lipinski definition) is 2. The predicted molar refractivity (Wildman–Crippen MR) is 127 cm³/mol. The average Bonchev–Trinajstić information content (AvgIpc) is 3.05. The first-order chi connectivity index (χ1) is 14.8. The van der Waals surface area contributed by atoms with Crippen LogP contribution in [-0.4, -0.2) is 61.6 Å². The standard InChI is InChI=1S/C12H10O.C5H12N2OS.C5H9NOS/c1-3-7-11(8-4-1)13-12-9-5-2-6-10-12;1-6-9-7-2-4-8-5-3-7;7-5-4-8-3-1-2-6-5/h1-10H;6H,2-5H2,1H3;1-4H2,(H,6,7). The van der Waals surface area contributed by atoms with Crippen LogP contribution in [0.4, 0.5) is 0 Å². The lowest BCUT2D eigenvalue weighted by Crippen LogP contribution is -2.32. The van der Waals surface area contributed by atoms with Crippen molar-refractivity contribution in [3.8, 4) is 11.5 Å². The minimum absolute atomic E-state index is 0.188. The molecule has 2 aliphatic rings. The monoisotopic (exact) mass is 449 g/mol. The van der Waals surface area contributed by atoms with Crippen LogP contribution in [0.25, 0.3) is 0 Å². The number of hydrogen-bond acceptors (Lipinski definition) is 7. The van der Waals surface area contributed by atoms with Crippen LogP contribution in [0.3, 0.4) is 0 Å². The number of para-hydroxylation sites is 2. The van der Waals surface area contributed by atoms with Gasteiger partial charge in [-0.3, -0.25) is 9.52 Å². The first kappa shape index (κ1) is 24.6. The highest BCUT2D eigenvalue weighted by molar-refractivity contribution is 7.99. The summed E-state index contributed by atoms with van der Waals surface area (Å²) >= 11 is 3.37. The highest BCUT2D eigenvalue weighted by Gasteiger charge is 2.08. The molecule has 1 amide bonds. The minimum Gasteiger partial charge on any atom is -0.457 e. The van der Waals surface area contributed by atoms with E-state index in [2.05, 4.69) is 14.3 Å². The molecule has 2 aromatic rings. The molecule has 0 bridgehead atoms. The lowest BCUT2D eigenvalue weighted by molar-refractivity contribution is -0.118. The van der Waals surface area contributed by atoms with Crippen molar-refractivity contribution in [2.24, 2.45) is 0 Å². The Labute approximate surface area is 188 Å². The normalized spacial score (nSPS) is 16.6. The fraction of sp³-hybridized carbons (Fsp3) is 0.409. The Hall–Kier alpha value is -1.71. The molecule has 6 nitrogen and oxygen atoms in total. The van der Waals surface area contributed by atoms with Crippen LogP contribution in [0, 0.1) is 0 Å². The summed E-state index contributed by atoms with van der Waals surface area (Å²) in [6.45, 7) is 4.67. The number of morpholine rings is 1. The molecule has 0 unspecified atom stereocenters. The summed E-state index contributed by atoms with van der Waals surface area (Å²) in [5.41, 5.74) is 0. The van der Waals surface area contributed by atoms with Gasteiger partial charge in [0.2, 0.25) is 5.91 Å². The molecule has 2 fully saturated rings. The van der Waals surface area contributed by atoms with Gasteiger partial charge in [-0.1, -0.05) is 36.4 Å². The van der Waals surface area contributed by atoms with Gasteiger partial charge in [-0.2, -0.15) is 11.8 Å². The zero-order chi connectivity index (χ0) is 21.3. The van der Waals surface area contributed by atoms with Crippen LogP contribution in [0.15, 0.2) is 60.7 Å².